The average molecular weight is 410 g/mol. The first-order valence-corrected chi connectivity index (χ1v) is 8.96. The number of hydrogen-bond acceptors (Lipinski definition) is 3. The number of ether oxygens (including phenoxy) is 1. The standard InChI is InChI=1S/C20H18F4N2O3/c21-15-12-14(8-9-16(15)26-11-3-6-19(26)28)25-18(27)10-7-13-4-1-2-5-17(13)29-20(22,23)24/h1-2,4-5,8-9,12H,3,6-7,10-11H2,(H,25,27). The van der Waals surface area contributed by atoms with Crippen LogP contribution in [0, 0.1) is 5.82 Å². The average Bonchev–Trinajstić information content (AvgIpc) is 3.05. The van der Waals surface area contributed by atoms with Crippen LogP contribution in [0.4, 0.5) is 28.9 Å². The zero-order chi connectivity index (χ0) is 21.0. The number of rotatable bonds is 6. The highest BCUT2D eigenvalue weighted by Gasteiger charge is 2.32. The molecule has 1 aliphatic heterocycles. The number of anilines is 2. The van der Waals surface area contributed by atoms with Gasteiger partial charge in [0.25, 0.3) is 0 Å². The summed E-state index contributed by atoms with van der Waals surface area (Å²) in [5.74, 6) is -1.64. The lowest BCUT2D eigenvalue weighted by molar-refractivity contribution is -0.274. The van der Waals surface area contributed by atoms with E-state index >= 15 is 0 Å². The number of amides is 2. The summed E-state index contributed by atoms with van der Waals surface area (Å²) in [6, 6.07) is 9.57. The second-order valence-corrected chi connectivity index (χ2v) is 6.52. The monoisotopic (exact) mass is 410 g/mol. The Hall–Kier alpha value is -3.10. The van der Waals surface area contributed by atoms with Crippen molar-refractivity contribution in [2.45, 2.75) is 32.0 Å². The maximum Gasteiger partial charge on any atom is 0.573 e. The van der Waals surface area contributed by atoms with Crippen molar-refractivity contribution in [2.75, 3.05) is 16.8 Å². The van der Waals surface area contributed by atoms with Gasteiger partial charge in [-0.15, -0.1) is 13.2 Å². The molecule has 29 heavy (non-hydrogen) atoms. The second-order valence-electron chi connectivity index (χ2n) is 6.52. The fourth-order valence-electron chi connectivity index (χ4n) is 3.11. The summed E-state index contributed by atoms with van der Waals surface area (Å²) in [5.41, 5.74) is 0.584. The first kappa shape index (κ1) is 20.6. The minimum atomic E-state index is -4.83. The zero-order valence-corrected chi connectivity index (χ0v) is 15.3. The quantitative estimate of drug-likeness (QED) is 0.718. The van der Waals surface area contributed by atoms with Crippen LogP contribution in [0.5, 0.6) is 5.75 Å². The van der Waals surface area contributed by atoms with Crippen molar-refractivity contribution in [2.24, 2.45) is 0 Å². The lowest BCUT2D eigenvalue weighted by atomic mass is 10.1. The van der Waals surface area contributed by atoms with Gasteiger partial charge in [0.1, 0.15) is 11.6 Å². The first-order valence-electron chi connectivity index (χ1n) is 8.96. The minimum Gasteiger partial charge on any atom is -0.406 e. The van der Waals surface area contributed by atoms with E-state index in [-0.39, 0.29) is 41.4 Å². The van der Waals surface area contributed by atoms with Gasteiger partial charge in [0.05, 0.1) is 5.69 Å². The summed E-state index contributed by atoms with van der Waals surface area (Å²) in [6.45, 7) is 0.445. The van der Waals surface area contributed by atoms with Crippen LogP contribution in [0.2, 0.25) is 0 Å². The molecule has 0 spiro atoms. The summed E-state index contributed by atoms with van der Waals surface area (Å²) in [4.78, 5) is 25.2. The lowest BCUT2D eigenvalue weighted by Crippen LogP contribution is -2.24. The van der Waals surface area contributed by atoms with Gasteiger partial charge in [-0.1, -0.05) is 18.2 Å². The van der Waals surface area contributed by atoms with Gasteiger partial charge in [-0.05, 0) is 42.7 Å². The Morgan fingerprint density at radius 1 is 1.17 bits per heavy atom. The molecule has 0 atom stereocenters. The van der Waals surface area contributed by atoms with E-state index in [1.54, 1.807) is 6.07 Å². The van der Waals surface area contributed by atoms with Crippen molar-refractivity contribution in [1.29, 1.82) is 0 Å². The van der Waals surface area contributed by atoms with Crippen LogP contribution in [-0.2, 0) is 16.0 Å². The summed E-state index contributed by atoms with van der Waals surface area (Å²) in [5, 5.41) is 2.50. The molecule has 0 unspecified atom stereocenters. The van der Waals surface area contributed by atoms with Crippen LogP contribution in [0.1, 0.15) is 24.8 Å². The molecule has 1 N–H and O–H groups in total. The van der Waals surface area contributed by atoms with Crippen LogP contribution in [-0.4, -0.2) is 24.7 Å². The van der Waals surface area contributed by atoms with Crippen LogP contribution in [0.25, 0.3) is 0 Å². The molecule has 9 heteroatoms. The summed E-state index contributed by atoms with van der Waals surface area (Å²) < 4.78 is 55.6. The van der Waals surface area contributed by atoms with E-state index in [2.05, 4.69) is 10.1 Å². The summed E-state index contributed by atoms with van der Waals surface area (Å²) in [6.07, 6.45) is -3.89. The maximum atomic E-state index is 14.3. The van der Waals surface area contributed by atoms with E-state index in [4.69, 9.17) is 0 Å². The molecule has 0 aromatic heterocycles. The molecule has 1 saturated heterocycles. The van der Waals surface area contributed by atoms with E-state index in [1.807, 2.05) is 0 Å². The van der Waals surface area contributed by atoms with E-state index in [1.165, 1.54) is 35.2 Å². The Morgan fingerprint density at radius 3 is 2.59 bits per heavy atom. The Kier molecular flexibility index (Phi) is 6.05. The highest BCUT2D eigenvalue weighted by molar-refractivity contribution is 5.96. The molecule has 2 aromatic rings. The Morgan fingerprint density at radius 2 is 1.93 bits per heavy atom. The number of aryl methyl sites for hydroxylation is 1. The van der Waals surface area contributed by atoms with E-state index in [0.29, 0.717) is 19.4 Å². The largest absolute Gasteiger partial charge is 0.573 e. The molecule has 3 rings (SSSR count). The zero-order valence-electron chi connectivity index (χ0n) is 15.3. The van der Waals surface area contributed by atoms with Crippen LogP contribution < -0.4 is 15.0 Å². The third kappa shape index (κ3) is 5.46. The number of alkyl halides is 3. The summed E-state index contributed by atoms with van der Waals surface area (Å²) >= 11 is 0. The predicted molar refractivity (Wildman–Crippen MR) is 98.1 cm³/mol. The van der Waals surface area contributed by atoms with Crippen molar-refractivity contribution in [3.8, 4) is 5.75 Å². The van der Waals surface area contributed by atoms with Gasteiger partial charge in [0.15, 0.2) is 0 Å². The Labute approximate surface area is 164 Å². The molecule has 0 aliphatic carbocycles. The Bertz CT molecular complexity index is 915. The highest BCUT2D eigenvalue weighted by atomic mass is 19.4. The fourth-order valence-corrected chi connectivity index (χ4v) is 3.11. The van der Waals surface area contributed by atoms with E-state index in [9.17, 15) is 27.2 Å². The van der Waals surface area contributed by atoms with E-state index < -0.39 is 18.1 Å². The molecule has 1 aliphatic rings. The smallest absolute Gasteiger partial charge is 0.406 e. The predicted octanol–water partition coefficient (Wildman–Crippen LogP) is 4.42. The number of halogens is 4. The molecule has 0 radical (unpaired) electrons. The van der Waals surface area contributed by atoms with Gasteiger partial charge in [-0.3, -0.25) is 9.59 Å². The van der Waals surface area contributed by atoms with Gasteiger partial charge in [-0.2, -0.15) is 0 Å². The first-order chi connectivity index (χ1) is 13.7. The molecular formula is C20H18F4N2O3. The van der Waals surface area contributed by atoms with Gasteiger partial charge in [0, 0.05) is 25.1 Å². The molecule has 1 heterocycles. The lowest BCUT2D eigenvalue weighted by Gasteiger charge is -2.17. The van der Waals surface area contributed by atoms with Gasteiger partial charge < -0.3 is 15.0 Å². The van der Waals surface area contributed by atoms with Crippen LogP contribution in [0.15, 0.2) is 42.5 Å². The number of hydrogen-bond donors (Lipinski definition) is 1. The number of carbonyl (C=O) groups excluding carboxylic acids is 2. The molecule has 0 bridgehead atoms. The number of carbonyl (C=O) groups is 2. The van der Waals surface area contributed by atoms with Crippen molar-refractivity contribution < 1.29 is 31.9 Å². The molecule has 154 valence electrons. The van der Waals surface area contributed by atoms with Crippen molar-refractivity contribution in [3.63, 3.8) is 0 Å². The van der Waals surface area contributed by atoms with E-state index in [0.717, 1.165) is 6.07 Å². The highest BCUT2D eigenvalue weighted by Crippen LogP contribution is 2.28. The van der Waals surface area contributed by atoms with Crippen molar-refractivity contribution >= 4 is 23.2 Å². The third-order valence-corrected chi connectivity index (χ3v) is 4.42. The second kappa shape index (κ2) is 8.50. The van der Waals surface area contributed by atoms with Crippen LogP contribution in [0.3, 0.4) is 0 Å². The minimum absolute atomic E-state index is 0.0148. The molecule has 0 saturated carbocycles. The van der Waals surface area contributed by atoms with Crippen LogP contribution >= 0.6 is 0 Å². The van der Waals surface area contributed by atoms with Crippen molar-refractivity contribution in [1.82, 2.24) is 0 Å². The van der Waals surface area contributed by atoms with Gasteiger partial charge in [-0.25, -0.2) is 4.39 Å². The SMILES string of the molecule is O=C(CCc1ccccc1OC(F)(F)F)Nc1ccc(N2CCCC2=O)c(F)c1. The molecule has 2 aromatic carbocycles. The van der Waals surface area contributed by atoms with Gasteiger partial charge >= 0.3 is 6.36 Å². The fraction of sp³-hybridized carbons (Fsp3) is 0.300. The molecule has 2 amide bonds. The van der Waals surface area contributed by atoms with Gasteiger partial charge in [0.2, 0.25) is 11.8 Å². The summed E-state index contributed by atoms with van der Waals surface area (Å²) in [7, 11) is 0. The third-order valence-electron chi connectivity index (χ3n) is 4.42. The number of nitrogens with one attached hydrogen (secondary N) is 1. The molecule has 5 nitrogen and oxygen atoms in total. The van der Waals surface area contributed by atoms with Crippen molar-refractivity contribution in [3.05, 3.63) is 53.8 Å². The topological polar surface area (TPSA) is 58.6 Å². The number of benzene rings is 2. The normalized spacial score (nSPS) is 14.2. The Balaban J connectivity index is 1.60. The number of nitrogens with zero attached hydrogens (tertiary/aromatic N) is 1. The number of para-hydroxylation sites is 1. The molecule has 1 fully saturated rings. The molecular weight excluding hydrogens is 392 g/mol. The maximum absolute atomic E-state index is 14.3.